The summed E-state index contributed by atoms with van der Waals surface area (Å²) in [6.07, 6.45) is 2.41. The van der Waals surface area contributed by atoms with E-state index in [1.165, 1.54) is 0 Å². The zero-order valence-corrected chi connectivity index (χ0v) is 6.65. The van der Waals surface area contributed by atoms with E-state index >= 15 is 0 Å². The molecule has 0 aliphatic carbocycles. The first kappa shape index (κ1) is 7.99. The van der Waals surface area contributed by atoms with Gasteiger partial charge in [0.2, 0.25) is 0 Å². The highest BCUT2D eigenvalue weighted by atomic mass is 19.1. The van der Waals surface area contributed by atoms with Crippen molar-refractivity contribution in [2.45, 2.75) is 32.4 Å². The van der Waals surface area contributed by atoms with E-state index in [2.05, 4.69) is 11.8 Å². The Morgan fingerprint density at radius 3 is 3.00 bits per heavy atom. The van der Waals surface area contributed by atoms with Crippen molar-refractivity contribution < 1.29 is 4.39 Å². The fraction of sp³-hybridized carbons (Fsp3) is 1.00. The smallest absolute Gasteiger partial charge is 0.113 e. The molecule has 0 aromatic rings. The molecule has 1 aliphatic rings. The van der Waals surface area contributed by atoms with Gasteiger partial charge in [0.25, 0.3) is 0 Å². The van der Waals surface area contributed by atoms with E-state index in [0.29, 0.717) is 6.54 Å². The van der Waals surface area contributed by atoms with Crippen LogP contribution in [0.2, 0.25) is 0 Å². The van der Waals surface area contributed by atoms with E-state index in [1.807, 2.05) is 0 Å². The molecule has 0 bridgehead atoms. The molecule has 1 rings (SSSR count). The predicted octanol–water partition coefficient (Wildman–Crippen LogP) is 1.83. The molecule has 0 radical (unpaired) electrons. The number of likely N-dealkylation sites (tertiary alicyclic amines) is 1. The molecule has 2 heteroatoms. The van der Waals surface area contributed by atoms with Crippen LogP contribution in [0, 0.1) is 0 Å². The number of hydrogen-bond acceptors (Lipinski definition) is 1. The van der Waals surface area contributed by atoms with E-state index in [9.17, 15) is 4.39 Å². The van der Waals surface area contributed by atoms with Gasteiger partial charge in [-0.3, -0.25) is 0 Å². The number of rotatable bonds is 2. The van der Waals surface area contributed by atoms with Crippen LogP contribution in [0.1, 0.15) is 26.2 Å². The van der Waals surface area contributed by atoms with E-state index in [-0.39, 0.29) is 0 Å². The normalized spacial score (nSPS) is 28.8. The largest absolute Gasteiger partial charge is 0.300 e. The number of halogens is 1. The van der Waals surface area contributed by atoms with Crippen LogP contribution < -0.4 is 0 Å². The molecule has 0 spiro atoms. The van der Waals surface area contributed by atoms with Gasteiger partial charge in [0, 0.05) is 6.54 Å². The third-order valence-electron chi connectivity index (χ3n) is 1.99. The Bertz CT molecular complexity index is 93.3. The van der Waals surface area contributed by atoms with Crippen LogP contribution in [0.4, 0.5) is 4.39 Å². The van der Waals surface area contributed by atoms with Gasteiger partial charge in [-0.15, -0.1) is 0 Å². The van der Waals surface area contributed by atoms with Gasteiger partial charge in [0.1, 0.15) is 6.17 Å². The van der Waals surface area contributed by atoms with Gasteiger partial charge in [0.05, 0.1) is 0 Å². The molecule has 1 atom stereocenters. The number of piperidine rings is 1. The predicted molar refractivity (Wildman–Crippen MR) is 40.9 cm³/mol. The minimum Gasteiger partial charge on any atom is -0.300 e. The second-order valence-electron chi connectivity index (χ2n) is 3.04. The SMILES string of the molecule is CCCN1CCCC(F)C1. The molecule has 0 aromatic heterocycles. The lowest BCUT2D eigenvalue weighted by molar-refractivity contribution is 0.139. The summed E-state index contributed by atoms with van der Waals surface area (Å²) in [4.78, 5) is 2.22. The second kappa shape index (κ2) is 3.91. The average molecular weight is 145 g/mol. The Morgan fingerprint density at radius 2 is 2.40 bits per heavy atom. The molecule has 1 heterocycles. The van der Waals surface area contributed by atoms with Crippen LogP contribution in [0.5, 0.6) is 0 Å². The topological polar surface area (TPSA) is 3.24 Å². The van der Waals surface area contributed by atoms with Crippen molar-refractivity contribution in [3.8, 4) is 0 Å². The third kappa shape index (κ3) is 2.25. The van der Waals surface area contributed by atoms with Gasteiger partial charge in [0.15, 0.2) is 0 Å². The monoisotopic (exact) mass is 145 g/mol. The van der Waals surface area contributed by atoms with Crippen molar-refractivity contribution in [3.63, 3.8) is 0 Å². The second-order valence-corrected chi connectivity index (χ2v) is 3.04. The summed E-state index contributed by atoms with van der Waals surface area (Å²) >= 11 is 0. The van der Waals surface area contributed by atoms with Crippen molar-refractivity contribution >= 4 is 0 Å². The molecule has 0 amide bonds. The minimum absolute atomic E-state index is 0.555. The first-order valence-electron chi connectivity index (χ1n) is 4.19. The molecular weight excluding hydrogens is 129 g/mol. The highest BCUT2D eigenvalue weighted by Crippen LogP contribution is 2.12. The van der Waals surface area contributed by atoms with Crippen molar-refractivity contribution in [2.75, 3.05) is 19.6 Å². The van der Waals surface area contributed by atoms with Crippen LogP contribution in [-0.4, -0.2) is 30.7 Å². The van der Waals surface area contributed by atoms with Gasteiger partial charge < -0.3 is 4.90 Å². The lowest BCUT2D eigenvalue weighted by Crippen LogP contribution is -2.36. The van der Waals surface area contributed by atoms with Gasteiger partial charge >= 0.3 is 0 Å². The number of alkyl halides is 1. The van der Waals surface area contributed by atoms with Crippen molar-refractivity contribution in [2.24, 2.45) is 0 Å². The van der Waals surface area contributed by atoms with Gasteiger partial charge in [-0.1, -0.05) is 6.92 Å². The van der Waals surface area contributed by atoms with Crippen molar-refractivity contribution in [1.29, 1.82) is 0 Å². The molecule has 10 heavy (non-hydrogen) atoms. The van der Waals surface area contributed by atoms with E-state index in [4.69, 9.17) is 0 Å². The van der Waals surface area contributed by atoms with E-state index in [1.54, 1.807) is 0 Å². The summed E-state index contributed by atoms with van der Waals surface area (Å²) < 4.78 is 12.7. The van der Waals surface area contributed by atoms with Crippen LogP contribution in [0.15, 0.2) is 0 Å². The van der Waals surface area contributed by atoms with Crippen LogP contribution >= 0.6 is 0 Å². The summed E-state index contributed by atoms with van der Waals surface area (Å²) in [5, 5.41) is 0. The summed E-state index contributed by atoms with van der Waals surface area (Å²) in [6.45, 7) is 4.99. The quantitative estimate of drug-likeness (QED) is 0.573. The molecule has 1 fully saturated rings. The summed E-state index contributed by atoms with van der Waals surface area (Å²) in [6, 6.07) is 0. The molecule has 60 valence electrons. The molecule has 0 N–H and O–H groups in total. The first-order chi connectivity index (χ1) is 4.83. The van der Waals surface area contributed by atoms with Crippen LogP contribution in [-0.2, 0) is 0 Å². The Morgan fingerprint density at radius 1 is 1.60 bits per heavy atom. The minimum atomic E-state index is -0.555. The Hall–Kier alpha value is -0.110. The van der Waals surface area contributed by atoms with Gasteiger partial charge in [-0.05, 0) is 32.4 Å². The van der Waals surface area contributed by atoms with Gasteiger partial charge in [-0.2, -0.15) is 0 Å². The maximum Gasteiger partial charge on any atom is 0.113 e. The van der Waals surface area contributed by atoms with Gasteiger partial charge in [-0.25, -0.2) is 4.39 Å². The fourth-order valence-electron chi connectivity index (χ4n) is 1.52. The van der Waals surface area contributed by atoms with E-state index in [0.717, 1.165) is 32.4 Å². The Balaban J connectivity index is 2.18. The molecule has 1 saturated heterocycles. The highest BCUT2D eigenvalue weighted by molar-refractivity contribution is 4.71. The van der Waals surface area contributed by atoms with Crippen molar-refractivity contribution in [3.05, 3.63) is 0 Å². The van der Waals surface area contributed by atoms with Crippen LogP contribution in [0.3, 0.4) is 0 Å². The maximum atomic E-state index is 12.7. The zero-order chi connectivity index (χ0) is 7.40. The first-order valence-corrected chi connectivity index (χ1v) is 4.19. The van der Waals surface area contributed by atoms with Crippen LogP contribution in [0.25, 0.3) is 0 Å². The molecule has 1 aliphatic heterocycles. The molecular formula is C8H16FN. The summed E-state index contributed by atoms with van der Waals surface area (Å²) in [7, 11) is 0. The highest BCUT2D eigenvalue weighted by Gasteiger charge is 2.17. The lowest BCUT2D eigenvalue weighted by atomic mass is 10.1. The fourth-order valence-corrected chi connectivity index (χ4v) is 1.52. The standard InChI is InChI=1S/C8H16FN/c1-2-5-10-6-3-4-8(9)7-10/h8H,2-7H2,1H3. The lowest BCUT2D eigenvalue weighted by Gasteiger charge is -2.28. The van der Waals surface area contributed by atoms with E-state index < -0.39 is 6.17 Å². The molecule has 0 saturated carbocycles. The summed E-state index contributed by atoms with van der Waals surface area (Å²) in [5.74, 6) is 0. The number of hydrogen-bond donors (Lipinski definition) is 0. The molecule has 1 nitrogen and oxygen atoms in total. The Kier molecular flexibility index (Phi) is 3.13. The summed E-state index contributed by atoms with van der Waals surface area (Å²) in [5.41, 5.74) is 0. The molecule has 1 unspecified atom stereocenters. The Labute approximate surface area is 62.2 Å². The molecule has 0 aromatic carbocycles. The zero-order valence-electron chi connectivity index (χ0n) is 6.65. The average Bonchev–Trinajstić information content (AvgIpc) is 1.88. The maximum absolute atomic E-state index is 12.7. The van der Waals surface area contributed by atoms with Crippen molar-refractivity contribution in [1.82, 2.24) is 4.90 Å². The number of nitrogens with zero attached hydrogens (tertiary/aromatic N) is 1. The third-order valence-corrected chi connectivity index (χ3v) is 1.99.